The highest BCUT2D eigenvalue weighted by Gasteiger charge is 2.18. The summed E-state index contributed by atoms with van der Waals surface area (Å²) in [5.41, 5.74) is 3.73. The largest absolute Gasteiger partial charge is 0.495 e. The van der Waals surface area contributed by atoms with Crippen molar-refractivity contribution in [2.24, 2.45) is 0 Å². The Morgan fingerprint density at radius 2 is 1.64 bits per heavy atom. The smallest absolute Gasteiger partial charge is 0.279 e. The maximum Gasteiger partial charge on any atom is 0.279 e. The molecule has 6 heteroatoms. The monoisotopic (exact) mass is 384 g/mol. The van der Waals surface area contributed by atoms with Crippen LogP contribution in [0.25, 0.3) is 0 Å². The van der Waals surface area contributed by atoms with Crippen LogP contribution in [0.1, 0.15) is 24.5 Å². The summed E-state index contributed by atoms with van der Waals surface area (Å²) in [7, 11) is 1.57. The van der Waals surface area contributed by atoms with Crippen LogP contribution in [0.5, 0.6) is 5.75 Å². The molecule has 0 aliphatic heterocycles. The summed E-state index contributed by atoms with van der Waals surface area (Å²) < 4.78 is 5.26. The van der Waals surface area contributed by atoms with E-state index in [4.69, 9.17) is 4.74 Å². The average Bonchev–Trinajstić information content (AvgIpc) is 2.65. The Balaban J connectivity index is 1.95. The van der Waals surface area contributed by atoms with Gasteiger partial charge in [0.1, 0.15) is 5.75 Å². The minimum atomic E-state index is -0.146. The predicted molar refractivity (Wildman–Crippen MR) is 112 cm³/mol. The number of nitrogens with one attached hydrogen (secondary N) is 3. The van der Waals surface area contributed by atoms with Crippen molar-refractivity contribution >= 4 is 23.2 Å². The summed E-state index contributed by atoms with van der Waals surface area (Å²) in [6, 6.07) is 13.1. The summed E-state index contributed by atoms with van der Waals surface area (Å²) in [6.07, 6.45) is 0.883. The second kappa shape index (κ2) is 10.5. The first kappa shape index (κ1) is 21.4. The number of hydrogen-bond donors (Lipinski definition) is 3. The predicted octanol–water partition coefficient (Wildman–Crippen LogP) is 2.18. The van der Waals surface area contributed by atoms with Crippen LogP contribution in [-0.2, 0) is 9.59 Å². The maximum atomic E-state index is 12.5. The van der Waals surface area contributed by atoms with Gasteiger partial charge in [0.2, 0.25) is 0 Å². The number of anilines is 2. The standard InChI is InChI=1S/C22H29N3O3/c1-5-12-25(14-21(26)23-18-11-10-16(2)17(3)13-18)15-22(27)24-19-8-6-7-9-20(19)28-4/h6-11,13H,5,12,14-15H2,1-4H3,(H,23,26)(H,24,27)/p+1. The number of amides is 2. The lowest BCUT2D eigenvalue weighted by Crippen LogP contribution is -3.14. The van der Waals surface area contributed by atoms with E-state index in [2.05, 4.69) is 10.6 Å². The first-order valence-electron chi connectivity index (χ1n) is 9.56. The fraction of sp³-hybridized carbons (Fsp3) is 0.364. The first-order chi connectivity index (χ1) is 13.4. The van der Waals surface area contributed by atoms with Gasteiger partial charge in [-0.3, -0.25) is 9.59 Å². The first-order valence-corrected chi connectivity index (χ1v) is 9.56. The van der Waals surface area contributed by atoms with Gasteiger partial charge < -0.3 is 20.3 Å². The molecule has 28 heavy (non-hydrogen) atoms. The zero-order valence-corrected chi connectivity index (χ0v) is 17.1. The number of quaternary nitrogens is 1. The topological polar surface area (TPSA) is 71.9 Å². The Bertz CT molecular complexity index is 820. The summed E-state index contributed by atoms with van der Waals surface area (Å²) in [6.45, 7) is 7.28. The number of hydrogen-bond acceptors (Lipinski definition) is 3. The SMILES string of the molecule is CCC[NH+](CC(=O)Nc1ccc(C)c(C)c1)CC(=O)Nc1ccccc1OC. The number of ether oxygens (including phenoxy) is 1. The van der Waals surface area contributed by atoms with Gasteiger partial charge in [-0.05, 0) is 55.7 Å². The van der Waals surface area contributed by atoms with Crippen LogP contribution in [0.4, 0.5) is 11.4 Å². The molecule has 0 aromatic heterocycles. The van der Waals surface area contributed by atoms with Crippen molar-refractivity contribution < 1.29 is 19.2 Å². The van der Waals surface area contributed by atoms with Crippen molar-refractivity contribution in [3.8, 4) is 5.75 Å². The van der Waals surface area contributed by atoms with E-state index in [0.717, 1.165) is 29.1 Å². The van der Waals surface area contributed by atoms with E-state index in [-0.39, 0.29) is 24.9 Å². The molecule has 2 rings (SSSR count). The Morgan fingerprint density at radius 1 is 0.964 bits per heavy atom. The molecule has 0 fully saturated rings. The maximum absolute atomic E-state index is 12.5. The molecule has 0 saturated heterocycles. The van der Waals surface area contributed by atoms with Crippen LogP contribution in [0.3, 0.4) is 0 Å². The molecule has 1 atom stereocenters. The van der Waals surface area contributed by atoms with Crippen molar-refractivity contribution in [2.45, 2.75) is 27.2 Å². The number of para-hydroxylation sites is 2. The van der Waals surface area contributed by atoms with Crippen molar-refractivity contribution in [1.82, 2.24) is 0 Å². The van der Waals surface area contributed by atoms with E-state index in [1.807, 2.05) is 51.1 Å². The fourth-order valence-electron chi connectivity index (χ4n) is 3.01. The summed E-state index contributed by atoms with van der Waals surface area (Å²) in [4.78, 5) is 25.8. The van der Waals surface area contributed by atoms with Crippen LogP contribution in [0.15, 0.2) is 42.5 Å². The highest BCUT2D eigenvalue weighted by Crippen LogP contribution is 2.22. The number of rotatable bonds is 9. The summed E-state index contributed by atoms with van der Waals surface area (Å²) >= 11 is 0. The zero-order valence-electron chi connectivity index (χ0n) is 17.1. The molecular formula is C22H30N3O3+. The molecule has 6 nitrogen and oxygen atoms in total. The molecule has 0 heterocycles. The fourth-order valence-corrected chi connectivity index (χ4v) is 3.01. The van der Waals surface area contributed by atoms with E-state index >= 15 is 0 Å². The van der Waals surface area contributed by atoms with Crippen LogP contribution in [-0.4, -0.2) is 38.6 Å². The molecule has 0 spiro atoms. The van der Waals surface area contributed by atoms with Gasteiger partial charge in [0.25, 0.3) is 11.8 Å². The zero-order chi connectivity index (χ0) is 20.5. The highest BCUT2D eigenvalue weighted by molar-refractivity contribution is 5.94. The lowest BCUT2D eigenvalue weighted by Gasteiger charge is -2.18. The highest BCUT2D eigenvalue weighted by atomic mass is 16.5. The normalized spacial score (nSPS) is 11.6. The minimum absolute atomic E-state index is 0.100. The quantitative estimate of drug-likeness (QED) is 0.621. The van der Waals surface area contributed by atoms with E-state index in [1.54, 1.807) is 19.2 Å². The minimum Gasteiger partial charge on any atom is -0.495 e. The van der Waals surface area contributed by atoms with Crippen LogP contribution in [0, 0.1) is 13.8 Å². The van der Waals surface area contributed by atoms with E-state index < -0.39 is 0 Å². The van der Waals surface area contributed by atoms with Gasteiger partial charge in [0.05, 0.1) is 19.3 Å². The van der Waals surface area contributed by atoms with Gasteiger partial charge >= 0.3 is 0 Å². The van der Waals surface area contributed by atoms with Crippen LogP contribution < -0.4 is 20.3 Å². The van der Waals surface area contributed by atoms with Gasteiger partial charge in [0, 0.05) is 5.69 Å². The summed E-state index contributed by atoms with van der Waals surface area (Å²) in [5, 5.41) is 5.80. The molecule has 0 saturated carbocycles. The van der Waals surface area contributed by atoms with Crippen molar-refractivity contribution in [3.05, 3.63) is 53.6 Å². The van der Waals surface area contributed by atoms with Crippen molar-refractivity contribution in [3.63, 3.8) is 0 Å². The lowest BCUT2D eigenvalue weighted by molar-refractivity contribution is -0.883. The number of benzene rings is 2. The molecule has 2 aromatic rings. The Kier molecular flexibility index (Phi) is 8.02. The second-order valence-electron chi connectivity index (χ2n) is 6.95. The Morgan fingerprint density at radius 3 is 2.29 bits per heavy atom. The Hall–Kier alpha value is -2.86. The van der Waals surface area contributed by atoms with Gasteiger partial charge in [-0.25, -0.2) is 0 Å². The molecule has 0 aliphatic carbocycles. The molecule has 2 aromatic carbocycles. The van der Waals surface area contributed by atoms with E-state index in [9.17, 15) is 9.59 Å². The number of methoxy groups -OCH3 is 1. The van der Waals surface area contributed by atoms with Crippen LogP contribution in [0.2, 0.25) is 0 Å². The number of carbonyl (C=O) groups is 2. The molecule has 3 N–H and O–H groups in total. The van der Waals surface area contributed by atoms with Crippen LogP contribution >= 0.6 is 0 Å². The average molecular weight is 385 g/mol. The van der Waals surface area contributed by atoms with Gasteiger partial charge in [-0.2, -0.15) is 0 Å². The third kappa shape index (κ3) is 6.39. The lowest BCUT2D eigenvalue weighted by atomic mass is 10.1. The third-order valence-electron chi connectivity index (χ3n) is 4.60. The molecule has 2 amide bonds. The van der Waals surface area contributed by atoms with E-state index in [0.29, 0.717) is 11.4 Å². The molecule has 1 unspecified atom stereocenters. The van der Waals surface area contributed by atoms with Gasteiger partial charge in [-0.1, -0.05) is 25.1 Å². The van der Waals surface area contributed by atoms with Gasteiger partial charge in [-0.15, -0.1) is 0 Å². The molecule has 0 aliphatic rings. The molecule has 0 radical (unpaired) electrons. The molecule has 0 bridgehead atoms. The van der Waals surface area contributed by atoms with E-state index in [1.165, 1.54) is 5.56 Å². The number of aryl methyl sites for hydroxylation is 2. The van der Waals surface area contributed by atoms with Crippen molar-refractivity contribution in [1.29, 1.82) is 0 Å². The summed E-state index contributed by atoms with van der Waals surface area (Å²) in [5.74, 6) is 0.365. The number of carbonyl (C=O) groups excluding carboxylic acids is 2. The van der Waals surface area contributed by atoms with Gasteiger partial charge in [0.15, 0.2) is 13.1 Å². The molecule has 150 valence electrons. The van der Waals surface area contributed by atoms with Crippen molar-refractivity contribution in [2.75, 3.05) is 37.4 Å². The second-order valence-corrected chi connectivity index (χ2v) is 6.95. The molecular weight excluding hydrogens is 354 g/mol. The third-order valence-corrected chi connectivity index (χ3v) is 4.60. The Labute approximate surface area is 166 Å².